The molecule has 0 radical (unpaired) electrons. The van der Waals surface area contributed by atoms with Crippen molar-refractivity contribution in [2.75, 3.05) is 32.5 Å². The molecule has 1 atom stereocenters. The van der Waals surface area contributed by atoms with Gasteiger partial charge in [0.1, 0.15) is 22.3 Å². The van der Waals surface area contributed by atoms with E-state index in [9.17, 15) is 18.8 Å². The monoisotopic (exact) mass is 718 g/mol. The van der Waals surface area contributed by atoms with Crippen LogP contribution in [0.1, 0.15) is 25.0 Å². The molecule has 6 rings (SSSR count). The van der Waals surface area contributed by atoms with Crippen LogP contribution in [-0.2, 0) is 13.1 Å². The molecule has 266 valence electrons. The summed E-state index contributed by atoms with van der Waals surface area (Å²) in [5, 5.41) is 9.52. The standard InChI is InChI=1S/C36H37F3N8O3S/c1-5-40-35(49)42-25-13-9-23(10-14-25)32-28(20-43(3)19-22(2)46-18-17-41-44(46)4)31-33(48)47(26-15-11-24(37)12-16-26)36(50)45(34(31)51-32)21-27-29(38)7-6-8-30(27)39/h6-18,22,41H,5,19-21H2,1-4H3,(H2,40,42,49). The number of benzene rings is 3. The van der Waals surface area contributed by atoms with Crippen LogP contribution in [0, 0.1) is 17.5 Å². The predicted molar refractivity (Wildman–Crippen MR) is 193 cm³/mol. The van der Waals surface area contributed by atoms with Gasteiger partial charge in [-0.05, 0) is 80.6 Å². The van der Waals surface area contributed by atoms with Gasteiger partial charge < -0.3 is 16.1 Å². The van der Waals surface area contributed by atoms with Gasteiger partial charge in [0.15, 0.2) is 0 Å². The molecule has 3 aromatic carbocycles. The topological polar surface area (TPSA) is 107 Å². The summed E-state index contributed by atoms with van der Waals surface area (Å²) >= 11 is 1.16. The number of hydrazine groups is 2. The van der Waals surface area contributed by atoms with Gasteiger partial charge in [0.05, 0.1) is 23.7 Å². The molecule has 3 N–H and O–H groups in total. The summed E-state index contributed by atoms with van der Waals surface area (Å²) in [6, 6.07) is 15.1. The Kier molecular flexibility index (Phi) is 10.3. The molecule has 0 fully saturated rings. The van der Waals surface area contributed by atoms with Gasteiger partial charge in [-0.15, -0.1) is 16.5 Å². The number of nitrogens with zero attached hydrogens (tertiary/aromatic N) is 5. The van der Waals surface area contributed by atoms with E-state index in [1.54, 1.807) is 24.3 Å². The summed E-state index contributed by atoms with van der Waals surface area (Å²) in [5.41, 5.74) is 3.22. The number of carbonyl (C=O) groups excluding carboxylic acids is 1. The molecule has 11 nitrogen and oxygen atoms in total. The van der Waals surface area contributed by atoms with Gasteiger partial charge in [0, 0.05) is 55.2 Å². The largest absolute Gasteiger partial charge is 0.338 e. The van der Waals surface area contributed by atoms with Gasteiger partial charge in [0.2, 0.25) is 0 Å². The van der Waals surface area contributed by atoms with E-state index >= 15 is 8.78 Å². The smallest absolute Gasteiger partial charge is 0.337 e. The van der Waals surface area contributed by atoms with Crippen LogP contribution in [0.3, 0.4) is 0 Å². The maximum Gasteiger partial charge on any atom is 0.337 e. The molecule has 2 amide bonds. The van der Waals surface area contributed by atoms with Crippen LogP contribution in [0.4, 0.5) is 23.7 Å². The van der Waals surface area contributed by atoms with Crippen molar-refractivity contribution >= 4 is 33.3 Å². The van der Waals surface area contributed by atoms with Crippen molar-refractivity contribution in [1.82, 2.24) is 34.9 Å². The molecule has 0 saturated heterocycles. The number of anilines is 1. The lowest BCUT2D eigenvalue weighted by atomic mass is 10.1. The second-order valence-electron chi connectivity index (χ2n) is 12.2. The lowest BCUT2D eigenvalue weighted by Gasteiger charge is -2.33. The van der Waals surface area contributed by atoms with Gasteiger partial charge in [-0.2, -0.15) is 0 Å². The molecule has 5 aromatic rings. The lowest BCUT2D eigenvalue weighted by molar-refractivity contribution is -0.00529. The summed E-state index contributed by atoms with van der Waals surface area (Å²) in [6.45, 7) is 4.64. The normalized spacial score (nSPS) is 13.6. The number of fused-ring (bicyclic) bond motifs is 1. The molecule has 0 bridgehead atoms. The van der Waals surface area contributed by atoms with Gasteiger partial charge in [-0.3, -0.25) is 19.3 Å². The molecule has 15 heteroatoms. The van der Waals surface area contributed by atoms with Crippen LogP contribution in [0.5, 0.6) is 0 Å². The Morgan fingerprint density at radius 1 is 0.980 bits per heavy atom. The zero-order valence-corrected chi connectivity index (χ0v) is 29.2. The minimum atomic E-state index is -0.842. The Morgan fingerprint density at radius 3 is 2.29 bits per heavy atom. The number of aromatic nitrogens is 2. The van der Waals surface area contributed by atoms with Crippen LogP contribution in [-0.4, -0.2) is 63.4 Å². The Morgan fingerprint density at radius 2 is 1.67 bits per heavy atom. The van der Waals surface area contributed by atoms with Crippen molar-refractivity contribution in [3.8, 4) is 16.1 Å². The summed E-state index contributed by atoms with van der Waals surface area (Å²) in [6.07, 6.45) is 3.74. The first-order valence-electron chi connectivity index (χ1n) is 16.3. The molecule has 3 heterocycles. The number of amides is 2. The molecule has 1 aliphatic rings. The van der Waals surface area contributed by atoms with Gasteiger partial charge in [-0.1, -0.05) is 18.2 Å². The average molecular weight is 719 g/mol. The number of hydrogen-bond acceptors (Lipinski definition) is 8. The number of likely N-dealkylation sites (N-methyl/N-ethyl adjacent to an activating group) is 1. The van der Waals surface area contributed by atoms with E-state index in [1.807, 2.05) is 48.4 Å². The third-order valence-electron chi connectivity index (χ3n) is 8.57. The van der Waals surface area contributed by atoms with Crippen LogP contribution < -0.4 is 27.3 Å². The number of hydrogen-bond donors (Lipinski definition) is 3. The van der Waals surface area contributed by atoms with E-state index in [1.165, 1.54) is 22.8 Å². The predicted octanol–water partition coefficient (Wildman–Crippen LogP) is 5.45. The Hall–Kier alpha value is -5.38. The molecule has 0 saturated carbocycles. The van der Waals surface area contributed by atoms with Crippen LogP contribution in [0.15, 0.2) is 88.7 Å². The Labute approximate surface area is 295 Å². The van der Waals surface area contributed by atoms with Crippen molar-refractivity contribution in [2.45, 2.75) is 33.0 Å². The zero-order valence-electron chi connectivity index (χ0n) is 28.4. The number of carbonyl (C=O) groups is 1. The van der Waals surface area contributed by atoms with Gasteiger partial charge in [-0.25, -0.2) is 27.3 Å². The minimum Gasteiger partial charge on any atom is -0.338 e. The van der Waals surface area contributed by atoms with Gasteiger partial charge >= 0.3 is 11.7 Å². The van der Waals surface area contributed by atoms with E-state index in [0.29, 0.717) is 34.8 Å². The molecule has 0 spiro atoms. The van der Waals surface area contributed by atoms with E-state index in [2.05, 4.69) is 23.0 Å². The van der Waals surface area contributed by atoms with E-state index in [4.69, 9.17) is 0 Å². The Balaban J connectivity index is 1.56. The number of halogens is 3. The summed E-state index contributed by atoms with van der Waals surface area (Å²) < 4.78 is 46.2. The number of nitrogens with one attached hydrogen (secondary N) is 3. The number of rotatable bonds is 11. The summed E-state index contributed by atoms with van der Waals surface area (Å²) in [7, 11) is 3.81. The fraction of sp³-hybridized carbons (Fsp3) is 0.250. The maximum atomic E-state index is 15.1. The first-order valence-corrected chi connectivity index (χ1v) is 17.1. The summed E-state index contributed by atoms with van der Waals surface area (Å²) in [4.78, 5) is 43.9. The van der Waals surface area contributed by atoms with E-state index in [-0.39, 0.29) is 40.1 Å². The zero-order chi connectivity index (χ0) is 36.4. The number of urea groups is 1. The first kappa shape index (κ1) is 35.4. The fourth-order valence-electron chi connectivity index (χ4n) is 6.19. The number of thiophene rings is 1. The molecule has 51 heavy (non-hydrogen) atoms. The van der Waals surface area contributed by atoms with Crippen molar-refractivity contribution in [2.24, 2.45) is 0 Å². The van der Waals surface area contributed by atoms with Crippen molar-refractivity contribution < 1.29 is 18.0 Å². The summed E-state index contributed by atoms with van der Waals surface area (Å²) in [5.74, 6) is -2.24. The third-order valence-corrected chi connectivity index (χ3v) is 9.87. The molecule has 2 aromatic heterocycles. The highest BCUT2D eigenvalue weighted by Gasteiger charge is 2.27. The highest BCUT2D eigenvalue weighted by molar-refractivity contribution is 7.22. The molecule has 1 aliphatic heterocycles. The molecule has 0 aliphatic carbocycles. The molecule has 1 unspecified atom stereocenters. The van der Waals surface area contributed by atoms with Crippen LogP contribution in [0.25, 0.3) is 26.3 Å². The quantitative estimate of drug-likeness (QED) is 0.167. The van der Waals surface area contributed by atoms with E-state index < -0.39 is 35.2 Å². The van der Waals surface area contributed by atoms with Gasteiger partial charge in [0.25, 0.3) is 5.56 Å². The SMILES string of the molecule is CCNC(=O)Nc1ccc(-c2sc3c(c2CN(C)CC(C)N2C=CNN2C)c(=O)n(-c2ccc(F)cc2)c(=O)n3Cc2c(F)cccc2F)cc1. The highest BCUT2D eigenvalue weighted by atomic mass is 32.1. The first-order chi connectivity index (χ1) is 24.5. The fourth-order valence-corrected chi connectivity index (χ4v) is 7.49. The van der Waals surface area contributed by atoms with Crippen molar-refractivity contribution in [1.29, 1.82) is 0 Å². The van der Waals surface area contributed by atoms with Crippen LogP contribution >= 0.6 is 11.3 Å². The second-order valence-corrected chi connectivity index (χ2v) is 13.2. The molecular weight excluding hydrogens is 682 g/mol. The lowest BCUT2D eigenvalue weighted by Crippen LogP contribution is -2.47. The minimum absolute atomic E-state index is 0.0114. The average Bonchev–Trinajstić information content (AvgIpc) is 3.69. The Bertz CT molecular complexity index is 2200. The van der Waals surface area contributed by atoms with Crippen LogP contribution in [0.2, 0.25) is 0 Å². The maximum absolute atomic E-state index is 15.1. The van der Waals surface area contributed by atoms with E-state index in [0.717, 1.165) is 40.2 Å². The third kappa shape index (κ3) is 7.27. The highest BCUT2D eigenvalue weighted by Crippen LogP contribution is 2.38. The van der Waals surface area contributed by atoms with Crippen molar-refractivity contribution in [3.05, 3.63) is 129 Å². The second kappa shape index (κ2) is 14.8. The van der Waals surface area contributed by atoms with Crippen molar-refractivity contribution in [3.63, 3.8) is 0 Å². The molecular formula is C36H37F3N8O3S.